The molecular formula is C7H15ClOSi. The summed E-state index contributed by atoms with van der Waals surface area (Å²) in [5, 5.41) is -0.0354. The molecule has 0 amide bonds. The first-order valence-electron chi connectivity index (χ1n) is 3.36. The summed E-state index contributed by atoms with van der Waals surface area (Å²) in [4.78, 5) is 0. The van der Waals surface area contributed by atoms with Crippen LogP contribution < -0.4 is 0 Å². The molecule has 60 valence electrons. The van der Waals surface area contributed by atoms with E-state index in [2.05, 4.69) is 26.2 Å². The van der Waals surface area contributed by atoms with Crippen LogP contribution in [-0.2, 0) is 4.43 Å². The van der Waals surface area contributed by atoms with Gasteiger partial charge in [-0.2, -0.15) is 0 Å². The van der Waals surface area contributed by atoms with Crippen molar-refractivity contribution in [2.75, 3.05) is 6.61 Å². The zero-order chi connectivity index (χ0) is 8.20. The lowest BCUT2D eigenvalue weighted by atomic mass is 10.4. The smallest absolute Gasteiger partial charge is 0.183 e. The molecule has 0 aromatic heterocycles. The summed E-state index contributed by atoms with van der Waals surface area (Å²) in [7, 11) is -1.37. The van der Waals surface area contributed by atoms with Crippen molar-refractivity contribution in [1.29, 1.82) is 0 Å². The summed E-state index contributed by atoms with van der Waals surface area (Å²) in [6.45, 7) is 10.6. The van der Waals surface area contributed by atoms with E-state index >= 15 is 0 Å². The van der Waals surface area contributed by atoms with Crippen LogP contribution in [0.1, 0.15) is 0 Å². The second-order valence-corrected chi connectivity index (χ2v) is 8.25. The highest BCUT2D eigenvalue weighted by Crippen LogP contribution is 2.06. The standard InChI is InChI=1S/C7H15ClOSi/c1-5-7(8)6-9-10(2,3)4/h5,7H,1,6H2,2-4H3. The summed E-state index contributed by atoms with van der Waals surface area (Å²) in [6.07, 6.45) is 1.70. The van der Waals surface area contributed by atoms with Crippen molar-refractivity contribution in [3.8, 4) is 0 Å². The van der Waals surface area contributed by atoms with Crippen molar-refractivity contribution in [1.82, 2.24) is 0 Å². The molecule has 0 radical (unpaired) electrons. The number of hydrogen-bond donors (Lipinski definition) is 0. The van der Waals surface area contributed by atoms with Crippen molar-refractivity contribution in [2.45, 2.75) is 25.0 Å². The van der Waals surface area contributed by atoms with Gasteiger partial charge < -0.3 is 4.43 Å². The topological polar surface area (TPSA) is 9.23 Å². The Labute approximate surface area is 69.2 Å². The second kappa shape index (κ2) is 4.16. The molecule has 0 N–H and O–H groups in total. The highest BCUT2D eigenvalue weighted by atomic mass is 35.5. The molecule has 10 heavy (non-hydrogen) atoms. The fraction of sp³-hybridized carbons (Fsp3) is 0.714. The molecule has 0 aromatic carbocycles. The Balaban J connectivity index is 3.45. The van der Waals surface area contributed by atoms with Gasteiger partial charge in [-0.3, -0.25) is 0 Å². The van der Waals surface area contributed by atoms with Gasteiger partial charge in [-0.1, -0.05) is 6.08 Å². The van der Waals surface area contributed by atoms with E-state index < -0.39 is 8.32 Å². The molecule has 0 rings (SSSR count). The lowest BCUT2D eigenvalue weighted by molar-refractivity contribution is 0.321. The third-order valence-corrected chi connectivity index (χ3v) is 2.27. The first kappa shape index (κ1) is 10.2. The predicted molar refractivity (Wildman–Crippen MR) is 49.1 cm³/mol. The SMILES string of the molecule is C=CC(Cl)CO[Si](C)(C)C. The van der Waals surface area contributed by atoms with Gasteiger partial charge in [0.15, 0.2) is 8.32 Å². The maximum absolute atomic E-state index is 5.75. The maximum atomic E-state index is 5.75. The third kappa shape index (κ3) is 6.33. The molecule has 0 aliphatic heterocycles. The lowest BCUT2D eigenvalue weighted by Crippen LogP contribution is -2.28. The minimum atomic E-state index is -1.37. The molecule has 0 saturated heterocycles. The molecule has 0 aliphatic carbocycles. The summed E-state index contributed by atoms with van der Waals surface area (Å²) in [5.74, 6) is 0. The number of halogens is 1. The van der Waals surface area contributed by atoms with Crippen LogP contribution in [0.5, 0.6) is 0 Å². The van der Waals surface area contributed by atoms with Gasteiger partial charge in [0.1, 0.15) is 0 Å². The fourth-order valence-electron chi connectivity index (χ4n) is 0.398. The van der Waals surface area contributed by atoms with Crippen molar-refractivity contribution < 1.29 is 4.43 Å². The van der Waals surface area contributed by atoms with Crippen LogP contribution >= 0.6 is 11.6 Å². The van der Waals surface area contributed by atoms with Gasteiger partial charge >= 0.3 is 0 Å². The summed E-state index contributed by atoms with van der Waals surface area (Å²) in [5.41, 5.74) is 0. The quantitative estimate of drug-likeness (QED) is 0.366. The molecule has 1 atom stereocenters. The van der Waals surface area contributed by atoms with E-state index in [4.69, 9.17) is 16.0 Å². The van der Waals surface area contributed by atoms with Crippen LogP contribution in [0.2, 0.25) is 19.6 Å². The van der Waals surface area contributed by atoms with Gasteiger partial charge in [-0.05, 0) is 19.6 Å². The average molecular weight is 179 g/mol. The van der Waals surface area contributed by atoms with E-state index in [9.17, 15) is 0 Å². The van der Waals surface area contributed by atoms with Gasteiger partial charge in [0.05, 0.1) is 12.0 Å². The highest BCUT2D eigenvalue weighted by molar-refractivity contribution is 6.69. The maximum Gasteiger partial charge on any atom is 0.183 e. The Morgan fingerprint density at radius 1 is 1.60 bits per heavy atom. The Morgan fingerprint density at radius 2 is 2.10 bits per heavy atom. The average Bonchev–Trinajstić information content (AvgIpc) is 1.81. The van der Waals surface area contributed by atoms with Crippen molar-refractivity contribution in [2.24, 2.45) is 0 Å². The van der Waals surface area contributed by atoms with E-state index in [1.807, 2.05) is 0 Å². The molecule has 1 unspecified atom stereocenters. The minimum Gasteiger partial charge on any atom is -0.416 e. The molecule has 0 spiro atoms. The Bertz CT molecular complexity index is 109. The van der Waals surface area contributed by atoms with Crippen molar-refractivity contribution in [3.63, 3.8) is 0 Å². The van der Waals surface area contributed by atoms with Crippen LogP contribution in [0.4, 0.5) is 0 Å². The molecule has 0 aliphatic rings. The summed E-state index contributed by atoms with van der Waals surface area (Å²) >= 11 is 5.75. The molecule has 1 nitrogen and oxygen atoms in total. The molecule has 0 bridgehead atoms. The predicted octanol–water partition coefficient (Wildman–Crippen LogP) is 2.63. The monoisotopic (exact) mass is 178 g/mol. The van der Waals surface area contributed by atoms with Crippen molar-refractivity contribution >= 4 is 19.9 Å². The van der Waals surface area contributed by atoms with Crippen LogP contribution in [0.25, 0.3) is 0 Å². The van der Waals surface area contributed by atoms with Crippen LogP contribution in [0, 0.1) is 0 Å². The number of alkyl halides is 1. The van der Waals surface area contributed by atoms with E-state index in [0.717, 1.165) is 0 Å². The van der Waals surface area contributed by atoms with Crippen LogP contribution in [0.15, 0.2) is 12.7 Å². The van der Waals surface area contributed by atoms with Gasteiger partial charge in [0.2, 0.25) is 0 Å². The van der Waals surface area contributed by atoms with Gasteiger partial charge in [-0.25, -0.2) is 0 Å². The molecule has 0 heterocycles. The zero-order valence-corrected chi connectivity index (χ0v) is 8.61. The Kier molecular flexibility index (Phi) is 4.25. The largest absolute Gasteiger partial charge is 0.416 e. The van der Waals surface area contributed by atoms with E-state index in [1.165, 1.54) is 0 Å². The summed E-state index contributed by atoms with van der Waals surface area (Å²) < 4.78 is 5.52. The summed E-state index contributed by atoms with van der Waals surface area (Å²) in [6, 6.07) is 0. The second-order valence-electron chi connectivity index (χ2n) is 3.18. The first-order chi connectivity index (χ1) is 4.45. The van der Waals surface area contributed by atoms with E-state index in [-0.39, 0.29) is 5.38 Å². The highest BCUT2D eigenvalue weighted by Gasteiger charge is 2.14. The normalized spacial score (nSPS) is 14.8. The first-order valence-corrected chi connectivity index (χ1v) is 7.21. The molecule has 0 aromatic rings. The molecule has 0 fully saturated rings. The number of hydrogen-bond acceptors (Lipinski definition) is 1. The van der Waals surface area contributed by atoms with Gasteiger partial charge in [-0.15, -0.1) is 18.2 Å². The van der Waals surface area contributed by atoms with Crippen molar-refractivity contribution in [3.05, 3.63) is 12.7 Å². The lowest BCUT2D eigenvalue weighted by Gasteiger charge is -2.17. The van der Waals surface area contributed by atoms with Gasteiger partial charge in [0.25, 0.3) is 0 Å². The van der Waals surface area contributed by atoms with E-state index in [0.29, 0.717) is 6.61 Å². The molecule has 3 heteroatoms. The van der Waals surface area contributed by atoms with E-state index in [1.54, 1.807) is 6.08 Å². The zero-order valence-electron chi connectivity index (χ0n) is 6.86. The Morgan fingerprint density at radius 3 is 2.40 bits per heavy atom. The van der Waals surface area contributed by atoms with Gasteiger partial charge in [0, 0.05) is 0 Å². The minimum absolute atomic E-state index is 0.0354. The number of rotatable bonds is 4. The van der Waals surface area contributed by atoms with Crippen LogP contribution in [0.3, 0.4) is 0 Å². The van der Waals surface area contributed by atoms with Crippen LogP contribution in [-0.4, -0.2) is 20.3 Å². The molecular weight excluding hydrogens is 164 g/mol. The Hall–Kier alpha value is 0.207. The third-order valence-electron chi connectivity index (χ3n) is 0.931. The molecule has 0 saturated carbocycles. The fourth-order valence-corrected chi connectivity index (χ4v) is 1.25.